The van der Waals surface area contributed by atoms with Crippen LogP contribution in [-0.4, -0.2) is 58.3 Å². The number of halogens is 2. The Balaban J connectivity index is 1.83. The molecule has 2 aromatic rings. The van der Waals surface area contributed by atoms with Crippen LogP contribution < -0.4 is 5.32 Å². The predicted octanol–water partition coefficient (Wildman–Crippen LogP) is 2.86. The van der Waals surface area contributed by atoms with Crippen LogP contribution >= 0.6 is 23.2 Å². The van der Waals surface area contributed by atoms with Crippen molar-refractivity contribution >= 4 is 35.4 Å². The van der Waals surface area contributed by atoms with Gasteiger partial charge in [-0.2, -0.15) is 0 Å². The van der Waals surface area contributed by atoms with Gasteiger partial charge in [-0.1, -0.05) is 41.4 Å². The molecule has 2 aliphatic rings. The van der Waals surface area contributed by atoms with Crippen LogP contribution in [-0.2, 0) is 10.3 Å². The first-order chi connectivity index (χ1) is 15.3. The summed E-state index contributed by atoms with van der Waals surface area (Å²) in [6, 6.07) is 11.0. The summed E-state index contributed by atoms with van der Waals surface area (Å²) in [5.41, 5.74) is -0.341. The molecule has 4 N–H and O–H groups in total. The molecule has 32 heavy (non-hydrogen) atoms. The van der Waals surface area contributed by atoms with Crippen LogP contribution in [0.1, 0.15) is 30.0 Å². The van der Waals surface area contributed by atoms with Gasteiger partial charge in [0.15, 0.2) is 5.54 Å². The molecule has 7 nitrogen and oxygen atoms in total. The van der Waals surface area contributed by atoms with E-state index in [2.05, 4.69) is 5.32 Å². The molecule has 0 bridgehead atoms. The van der Waals surface area contributed by atoms with E-state index in [0.29, 0.717) is 33.6 Å². The highest BCUT2D eigenvalue weighted by molar-refractivity contribution is 6.31. The van der Waals surface area contributed by atoms with Crippen molar-refractivity contribution in [3.8, 4) is 5.75 Å². The summed E-state index contributed by atoms with van der Waals surface area (Å²) in [7, 11) is 0. The first-order valence-corrected chi connectivity index (χ1v) is 11.2. The summed E-state index contributed by atoms with van der Waals surface area (Å²) in [5, 5.41) is 33.4. The lowest BCUT2D eigenvalue weighted by Gasteiger charge is -2.37. The maximum absolute atomic E-state index is 13.7. The normalized spacial score (nSPS) is 23.4. The van der Waals surface area contributed by atoms with Crippen LogP contribution in [0, 0.1) is 5.92 Å². The predicted molar refractivity (Wildman–Crippen MR) is 123 cm³/mol. The summed E-state index contributed by atoms with van der Waals surface area (Å²) < 4.78 is 0. The Morgan fingerprint density at radius 1 is 1.19 bits per heavy atom. The number of rotatable bonds is 8. The van der Waals surface area contributed by atoms with Crippen LogP contribution in [0.5, 0.6) is 5.75 Å². The third-order valence-electron chi connectivity index (χ3n) is 5.93. The fourth-order valence-electron chi connectivity index (χ4n) is 4.11. The number of aliphatic hydroxyl groups is 2. The van der Waals surface area contributed by atoms with Gasteiger partial charge in [-0.3, -0.25) is 9.79 Å². The van der Waals surface area contributed by atoms with Gasteiger partial charge < -0.3 is 25.5 Å². The molecule has 0 spiro atoms. The lowest BCUT2D eigenvalue weighted by atomic mass is 9.78. The summed E-state index contributed by atoms with van der Waals surface area (Å²) in [6.07, 6.45) is 2.77. The quantitative estimate of drug-likeness (QED) is 0.467. The van der Waals surface area contributed by atoms with Crippen molar-refractivity contribution in [2.24, 2.45) is 10.9 Å². The number of aliphatic hydroxyl groups excluding tert-OH is 2. The zero-order valence-corrected chi connectivity index (χ0v) is 18.8. The number of nitrogens with one attached hydrogen (secondary N) is 1. The molecule has 1 aliphatic heterocycles. The highest BCUT2D eigenvalue weighted by atomic mass is 35.5. The molecular formula is C23H25Cl2N3O4. The molecule has 4 rings (SSSR count). The molecule has 0 radical (unpaired) electrons. The van der Waals surface area contributed by atoms with Crippen molar-refractivity contribution in [3.05, 3.63) is 63.6 Å². The number of hydrogen-bond acceptors (Lipinski definition) is 6. The smallest absolute Gasteiger partial charge is 0.255 e. The highest BCUT2D eigenvalue weighted by Gasteiger charge is 2.54. The van der Waals surface area contributed by atoms with E-state index in [1.165, 1.54) is 6.07 Å². The van der Waals surface area contributed by atoms with Crippen LogP contribution in [0.3, 0.4) is 0 Å². The van der Waals surface area contributed by atoms with Crippen LogP contribution in [0.15, 0.2) is 47.5 Å². The molecule has 1 fully saturated rings. The molecule has 1 saturated carbocycles. The maximum atomic E-state index is 13.7. The van der Waals surface area contributed by atoms with Gasteiger partial charge in [0.05, 0.1) is 25.1 Å². The van der Waals surface area contributed by atoms with Crippen LogP contribution in [0.2, 0.25) is 10.0 Å². The fourth-order valence-corrected chi connectivity index (χ4v) is 4.40. The lowest BCUT2D eigenvalue weighted by Crippen LogP contribution is -2.50. The zero-order valence-electron chi connectivity index (χ0n) is 17.3. The molecule has 1 amide bonds. The first-order valence-electron chi connectivity index (χ1n) is 10.5. The van der Waals surface area contributed by atoms with Gasteiger partial charge in [0.1, 0.15) is 5.75 Å². The number of carbonyl (C=O) groups is 1. The Bertz CT molecular complexity index is 1010. The maximum Gasteiger partial charge on any atom is 0.255 e. The number of phenolic OH excluding ortho intramolecular Hbond substituents is 1. The second kappa shape index (κ2) is 9.27. The van der Waals surface area contributed by atoms with E-state index in [1.54, 1.807) is 42.7 Å². The van der Waals surface area contributed by atoms with Gasteiger partial charge in [-0.25, -0.2) is 0 Å². The zero-order chi connectivity index (χ0) is 22.9. The van der Waals surface area contributed by atoms with E-state index in [4.69, 9.17) is 33.3 Å². The van der Waals surface area contributed by atoms with Crippen molar-refractivity contribution < 1.29 is 20.1 Å². The SMILES string of the molecule is O=C(NCC(O)CO)[C@]1(c2ccc(Cl)cc2)N=CN(CC2CC2)[C@H]1c1ccc(Cl)cc1O. The topological polar surface area (TPSA) is 105 Å². The Morgan fingerprint density at radius 2 is 1.88 bits per heavy atom. The largest absolute Gasteiger partial charge is 0.508 e. The fraction of sp³-hybridized carbons (Fsp3) is 0.391. The minimum atomic E-state index is -1.44. The van der Waals surface area contributed by atoms with E-state index in [9.17, 15) is 15.0 Å². The van der Waals surface area contributed by atoms with Gasteiger partial charge in [0.2, 0.25) is 0 Å². The van der Waals surface area contributed by atoms with Gasteiger partial charge in [-0.15, -0.1) is 0 Å². The highest BCUT2D eigenvalue weighted by Crippen LogP contribution is 2.50. The van der Waals surface area contributed by atoms with Crippen molar-refractivity contribution in [2.75, 3.05) is 19.7 Å². The lowest BCUT2D eigenvalue weighted by molar-refractivity contribution is -0.128. The van der Waals surface area contributed by atoms with Gasteiger partial charge in [0.25, 0.3) is 5.91 Å². The van der Waals surface area contributed by atoms with Crippen molar-refractivity contribution in [1.29, 1.82) is 0 Å². The number of benzene rings is 2. The Hall–Kier alpha value is -2.32. The summed E-state index contributed by atoms with van der Waals surface area (Å²) >= 11 is 12.2. The van der Waals surface area contributed by atoms with Gasteiger partial charge in [-0.05, 0) is 48.6 Å². The number of amides is 1. The van der Waals surface area contributed by atoms with E-state index >= 15 is 0 Å². The molecule has 3 atom stereocenters. The average molecular weight is 478 g/mol. The number of nitrogens with zero attached hydrogens (tertiary/aromatic N) is 2. The molecule has 1 aliphatic carbocycles. The van der Waals surface area contributed by atoms with Gasteiger partial charge in [0, 0.05) is 28.7 Å². The van der Waals surface area contributed by atoms with E-state index < -0.39 is 30.2 Å². The second-order valence-corrected chi connectivity index (χ2v) is 9.18. The number of aromatic hydroxyl groups is 1. The molecule has 1 unspecified atom stereocenters. The minimum absolute atomic E-state index is 0.0321. The Labute approximate surface area is 196 Å². The average Bonchev–Trinajstić information content (AvgIpc) is 3.52. The van der Waals surface area contributed by atoms with Crippen LogP contribution in [0.4, 0.5) is 0 Å². The molecule has 0 aromatic heterocycles. The number of carbonyl (C=O) groups excluding carboxylic acids is 1. The van der Waals surface area contributed by atoms with Crippen molar-refractivity contribution in [3.63, 3.8) is 0 Å². The van der Waals surface area contributed by atoms with Gasteiger partial charge >= 0.3 is 0 Å². The van der Waals surface area contributed by atoms with Crippen LogP contribution in [0.25, 0.3) is 0 Å². The Kier molecular flexibility index (Phi) is 6.62. The summed E-state index contributed by atoms with van der Waals surface area (Å²) in [6.45, 7) is 0.0763. The molecule has 2 aromatic carbocycles. The summed E-state index contributed by atoms with van der Waals surface area (Å²) in [4.78, 5) is 20.4. The third-order valence-corrected chi connectivity index (χ3v) is 6.42. The number of phenols is 1. The monoisotopic (exact) mass is 477 g/mol. The molecule has 1 heterocycles. The van der Waals surface area contributed by atoms with E-state index in [1.807, 2.05) is 4.90 Å². The van der Waals surface area contributed by atoms with Crippen molar-refractivity contribution in [2.45, 2.75) is 30.5 Å². The number of hydrogen-bond donors (Lipinski definition) is 4. The number of aliphatic imine (C=N–C) groups is 1. The molecule has 9 heteroatoms. The molecular weight excluding hydrogens is 453 g/mol. The van der Waals surface area contributed by atoms with E-state index in [-0.39, 0.29) is 12.3 Å². The van der Waals surface area contributed by atoms with Crippen molar-refractivity contribution in [1.82, 2.24) is 10.2 Å². The first kappa shape index (κ1) is 22.9. The second-order valence-electron chi connectivity index (χ2n) is 8.31. The minimum Gasteiger partial charge on any atom is -0.508 e. The standard InChI is InChI=1S/C23H25Cl2N3O4/c24-16-5-3-15(4-6-16)23(22(32)26-10-18(30)12-29)21(19-8-7-17(25)9-20(19)31)28(13-27-23)11-14-1-2-14/h3-9,13-14,18,21,29-31H,1-2,10-12H2,(H,26,32)/t18?,21-,23+/m0/s1. The third kappa shape index (κ3) is 4.43. The van der Waals surface area contributed by atoms with E-state index in [0.717, 1.165) is 12.8 Å². The molecule has 0 saturated heterocycles. The molecule has 170 valence electrons. The summed E-state index contributed by atoms with van der Waals surface area (Å²) in [5.74, 6) is 0.00947. The Morgan fingerprint density at radius 3 is 2.50 bits per heavy atom.